The summed E-state index contributed by atoms with van der Waals surface area (Å²) in [5, 5.41) is 0. The summed E-state index contributed by atoms with van der Waals surface area (Å²) in [6, 6.07) is 0.605. The molecule has 1 rings (SSSR count). The van der Waals surface area contributed by atoms with Gasteiger partial charge in [-0.1, -0.05) is 13.8 Å². The second-order valence-electron chi connectivity index (χ2n) is 2.77. The Kier molecular flexibility index (Phi) is 0.999. The molecule has 0 bridgehead atoms. The zero-order valence-electron chi connectivity index (χ0n) is 6.40. The fourth-order valence-corrected chi connectivity index (χ4v) is 0.646. The summed E-state index contributed by atoms with van der Waals surface area (Å²) in [6.07, 6.45) is 2.51. The minimum Gasteiger partial charge on any atom is -0.501 e. The Labute approximate surface area is 51.8 Å². The molecule has 1 heteroatoms. The van der Waals surface area contributed by atoms with E-state index in [1.165, 1.54) is 0 Å². The average Bonchev–Trinajstić information content (AvgIpc) is 1.77. The van der Waals surface area contributed by atoms with Crippen molar-refractivity contribution in [2.45, 2.75) is 20.3 Å². The van der Waals surface area contributed by atoms with Crippen LogP contribution in [-0.4, -0.2) is 6.61 Å². The van der Waals surface area contributed by atoms with Crippen molar-refractivity contribution >= 4 is 0 Å². The van der Waals surface area contributed by atoms with Crippen LogP contribution in [-0.2, 0) is 4.74 Å². The van der Waals surface area contributed by atoms with Crippen LogP contribution in [0, 0.1) is 5.41 Å². The van der Waals surface area contributed by atoms with E-state index in [2.05, 4.69) is 13.8 Å². The van der Waals surface area contributed by atoms with Gasteiger partial charge >= 0.3 is 0 Å². The Hall–Kier alpha value is -0.460. The van der Waals surface area contributed by atoms with E-state index in [1.807, 2.05) is 0 Å². The number of hydrogen-bond donors (Lipinski definition) is 0. The van der Waals surface area contributed by atoms with Crippen LogP contribution in [0.5, 0.6) is 0 Å². The van der Waals surface area contributed by atoms with Crippen LogP contribution >= 0.6 is 0 Å². The third kappa shape index (κ3) is 1.25. The van der Waals surface area contributed by atoms with Crippen molar-refractivity contribution in [3.05, 3.63) is 12.3 Å². The SMILES string of the molecule is [2H]C1=COCCC1(C)C. The van der Waals surface area contributed by atoms with Crippen molar-refractivity contribution in [2.75, 3.05) is 6.61 Å². The van der Waals surface area contributed by atoms with Crippen LogP contribution in [0.3, 0.4) is 0 Å². The molecule has 0 aromatic heterocycles. The normalized spacial score (nSPS) is 27.8. The van der Waals surface area contributed by atoms with E-state index in [1.54, 1.807) is 6.26 Å². The van der Waals surface area contributed by atoms with Crippen LogP contribution < -0.4 is 0 Å². The molecule has 0 aromatic rings. The third-order valence-corrected chi connectivity index (χ3v) is 1.38. The third-order valence-electron chi connectivity index (χ3n) is 1.38. The van der Waals surface area contributed by atoms with Gasteiger partial charge in [-0.3, -0.25) is 0 Å². The molecule has 0 N–H and O–H groups in total. The second kappa shape index (κ2) is 1.81. The van der Waals surface area contributed by atoms with Crippen LogP contribution in [0.2, 0.25) is 0 Å². The smallest absolute Gasteiger partial charge is 0.0881 e. The van der Waals surface area contributed by atoms with Gasteiger partial charge in [-0.15, -0.1) is 0 Å². The van der Waals surface area contributed by atoms with Crippen LogP contribution in [0.1, 0.15) is 21.6 Å². The van der Waals surface area contributed by atoms with Gasteiger partial charge < -0.3 is 4.74 Å². The zero-order valence-corrected chi connectivity index (χ0v) is 5.40. The fraction of sp³-hybridized carbons (Fsp3) is 0.714. The molecule has 0 amide bonds. The first-order valence-electron chi connectivity index (χ1n) is 3.42. The lowest BCUT2D eigenvalue weighted by Crippen LogP contribution is -2.14. The number of rotatable bonds is 0. The van der Waals surface area contributed by atoms with Crippen molar-refractivity contribution in [3.8, 4) is 0 Å². The van der Waals surface area contributed by atoms with Crippen molar-refractivity contribution < 1.29 is 6.11 Å². The highest BCUT2D eigenvalue weighted by atomic mass is 16.5. The van der Waals surface area contributed by atoms with Gasteiger partial charge in [-0.2, -0.15) is 0 Å². The molecule has 0 radical (unpaired) electrons. The maximum atomic E-state index is 7.41. The van der Waals surface area contributed by atoms with E-state index in [9.17, 15) is 0 Å². The molecule has 0 fully saturated rings. The maximum Gasteiger partial charge on any atom is 0.0881 e. The van der Waals surface area contributed by atoms with E-state index < -0.39 is 0 Å². The predicted octanol–water partition coefficient (Wildman–Crippen LogP) is 1.95. The van der Waals surface area contributed by atoms with Crippen molar-refractivity contribution in [1.29, 1.82) is 0 Å². The number of hydrogen-bond acceptors (Lipinski definition) is 1. The van der Waals surface area contributed by atoms with E-state index in [4.69, 9.17) is 6.11 Å². The molecule has 0 aliphatic carbocycles. The lowest BCUT2D eigenvalue weighted by Gasteiger charge is -2.22. The molecule has 0 atom stereocenters. The quantitative estimate of drug-likeness (QED) is 0.466. The molecule has 0 saturated heterocycles. The highest BCUT2D eigenvalue weighted by molar-refractivity contribution is 4.93. The van der Waals surface area contributed by atoms with Gasteiger partial charge in [-0.05, 0) is 17.9 Å². The molecule has 8 heavy (non-hydrogen) atoms. The van der Waals surface area contributed by atoms with Gasteiger partial charge in [0.1, 0.15) is 0 Å². The lowest BCUT2D eigenvalue weighted by atomic mass is 9.89. The molecule has 0 unspecified atom stereocenters. The summed E-state index contributed by atoms with van der Waals surface area (Å²) in [7, 11) is 0. The first-order chi connectivity index (χ1) is 4.13. The van der Waals surface area contributed by atoms with E-state index in [0.29, 0.717) is 6.05 Å². The predicted molar refractivity (Wildman–Crippen MR) is 33.5 cm³/mol. The topological polar surface area (TPSA) is 9.23 Å². The van der Waals surface area contributed by atoms with Gasteiger partial charge in [0, 0.05) is 0 Å². The molecule has 1 aliphatic rings. The average molecular weight is 113 g/mol. The van der Waals surface area contributed by atoms with Crippen molar-refractivity contribution in [2.24, 2.45) is 5.41 Å². The van der Waals surface area contributed by atoms with Gasteiger partial charge in [0.25, 0.3) is 0 Å². The molecule has 46 valence electrons. The second-order valence-corrected chi connectivity index (χ2v) is 2.77. The van der Waals surface area contributed by atoms with Gasteiger partial charge in [0.15, 0.2) is 0 Å². The van der Waals surface area contributed by atoms with Gasteiger partial charge in [0.05, 0.1) is 14.2 Å². The van der Waals surface area contributed by atoms with Crippen LogP contribution in [0.15, 0.2) is 12.3 Å². The first kappa shape index (κ1) is 4.42. The number of allylic oxidation sites excluding steroid dienone is 1. The highest BCUT2D eigenvalue weighted by Crippen LogP contribution is 2.24. The minimum atomic E-state index is 0.0399. The summed E-state index contributed by atoms with van der Waals surface area (Å²) >= 11 is 0. The summed E-state index contributed by atoms with van der Waals surface area (Å²) in [6.45, 7) is 4.89. The number of ether oxygens (including phenoxy) is 1. The molecular weight excluding hydrogens is 100 g/mol. The summed E-state index contributed by atoms with van der Waals surface area (Å²) in [5.41, 5.74) is 0.0399. The largest absolute Gasteiger partial charge is 0.501 e. The summed E-state index contributed by atoms with van der Waals surface area (Å²) in [4.78, 5) is 0. The Morgan fingerprint density at radius 2 is 2.50 bits per heavy atom. The molecule has 0 spiro atoms. The van der Waals surface area contributed by atoms with Gasteiger partial charge in [-0.25, -0.2) is 0 Å². The molecule has 1 nitrogen and oxygen atoms in total. The lowest BCUT2D eigenvalue weighted by molar-refractivity contribution is 0.179. The van der Waals surface area contributed by atoms with Crippen molar-refractivity contribution in [1.82, 2.24) is 0 Å². The Morgan fingerprint density at radius 3 is 2.88 bits per heavy atom. The monoisotopic (exact) mass is 113 g/mol. The fourth-order valence-electron chi connectivity index (χ4n) is 0.646. The molecule has 0 saturated carbocycles. The van der Waals surface area contributed by atoms with Crippen LogP contribution in [0.25, 0.3) is 0 Å². The maximum absolute atomic E-state index is 7.41. The summed E-state index contributed by atoms with van der Waals surface area (Å²) in [5.74, 6) is 0. The molecule has 1 heterocycles. The highest BCUT2D eigenvalue weighted by Gasteiger charge is 2.15. The Balaban J connectivity index is 2.73. The van der Waals surface area contributed by atoms with Gasteiger partial charge in [0.2, 0.25) is 0 Å². The van der Waals surface area contributed by atoms with Crippen molar-refractivity contribution in [3.63, 3.8) is 0 Å². The minimum absolute atomic E-state index is 0.0399. The first-order valence-corrected chi connectivity index (χ1v) is 2.92. The van der Waals surface area contributed by atoms with E-state index in [0.717, 1.165) is 13.0 Å². The zero-order chi connectivity index (χ0) is 6.91. The molecule has 1 aliphatic heterocycles. The van der Waals surface area contributed by atoms with E-state index in [-0.39, 0.29) is 5.41 Å². The Bertz CT molecular complexity index is 138. The summed E-state index contributed by atoms with van der Waals surface area (Å²) < 4.78 is 12.4. The van der Waals surface area contributed by atoms with E-state index >= 15 is 0 Å². The Morgan fingerprint density at radius 1 is 1.75 bits per heavy atom. The molecule has 0 aromatic carbocycles. The standard InChI is InChI=1S/C7H12O/c1-7(2)3-5-8-6-4-7/h3,5H,4,6H2,1-2H3/i3D. The molecular formula is C7H12O. The van der Waals surface area contributed by atoms with Crippen LogP contribution in [0.4, 0.5) is 0 Å².